The predicted molar refractivity (Wildman–Crippen MR) is 104 cm³/mol. The van der Waals surface area contributed by atoms with E-state index < -0.39 is 5.41 Å². The van der Waals surface area contributed by atoms with Crippen LogP contribution in [0.4, 0.5) is 0 Å². The van der Waals surface area contributed by atoms with E-state index in [2.05, 4.69) is 23.0 Å². The second-order valence-electron chi connectivity index (χ2n) is 6.52. The molecule has 0 saturated heterocycles. The molecule has 3 nitrogen and oxygen atoms in total. The number of aromatic amines is 1. The molecule has 1 N–H and O–H groups in total. The normalized spacial score (nSPS) is 13.4. The number of hydrogen-bond donors (Lipinski definition) is 1. The second kappa shape index (κ2) is 9.85. The van der Waals surface area contributed by atoms with E-state index in [0.29, 0.717) is 10.0 Å². The highest BCUT2D eigenvalue weighted by Crippen LogP contribution is 2.39. The van der Waals surface area contributed by atoms with Crippen molar-refractivity contribution < 1.29 is 0 Å². The molecule has 2 aromatic rings. The maximum absolute atomic E-state index is 10.0. The van der Waals surface area contributed by atoms with E-state index in [4.69, 9.17) is 23.2 Å². The molecule has 1 atom stereocenters. The molecule has 0 aliphatic heterocycles. The fourth-order valence-corrected chi connectivity index (χ4v) is 3.84. The fraction of sp³-hybridized carbons (Fsp3) is 0.500. The Morgan fingerprint density at radius 3 is 2.60 bits per heavy atom. The molecule has 0 fully saturated rings. The first kappa shape index (κ1) is 19.8. The number of benzene rings is 1. The van der Waals surface area contributed by atoms with Gasteiger partial charge in [-0.15, -0.1) is 0 Å². The Bertz CT molecular complexity index is 691. The largest absolute Gasteiger partial charge is 0.349 e. The van der Waals surface area contributed by atoms with Gasteiger partial charge in [-0.3, -0.25) is 0 Å². The number of nitrogens with zero attached hydrogens (tertiary/aromatic N) is 2. The van der Waals surface area contributed by atoms with Gasteiger partial charge in [-0.2, -0.15) is 5.26 Å². The Balaban J connectivity index is 2.02. The average molecular weight is 378 g/mol. The van der Waals surface area contributed by atoms with Gasteiger partial charge in [0.1, 0.15) is 5.82 Å². The van der Waals surface area contributed by atoms with Gasteiger partial charge in [0.25, 0.3) is 0 Å². The molecule has 0 radical (unpaired) electrons. The van der Waals surface area contributed by atoms with Crippen molar-refractivity contribution in [2.75, 3.05) is 0 Å². The Morgan fingerprint density at radius 1 is 1.16 bits per heavy atom. The molecule has 0 amide bonds. The first-order chi connectivity index (χ1) is 12.1. The van der Waals surface area contributed by atoms with Crippen molar-refractivity contribution in [3.8, 4) is 6.07 Å². The summed E-state index contributed by atoms with van der Waals surface area (Å²) in [7, 11) is 0. The van der Waals surface area contributed by atoms with Crippen LogP contribution in [-0.4, -0.2) is 9.97 Å². The summed E-state index contributed by atoms with van der Waals surface area (Å²) in [5, 5.41) is 11.2. The molecular weight excluding hydrogens is 353 g/mol. The minimum atomic E-state index is -0.525. The number of hydrogen-bond acceptors (Lipinski definition) is 2. The summed E-state index contributed by atoms with van der Waals surface area (Å²) >= 11 is 12.5. The van der Waals surface area contributed by atoms with Gasteiger partial charge in [0.05, 0.1) is 11.5 Å². The van der Waals surface area contributed by atoms with Crippen molar-refractivity contribution in [2.24, 2.45) is 0 Å². The van der Waals surface area contributed by atoms with Crippen molar-refractivity contribution in [3.63, 3.8) is 0 Å². The van der Waals surface area contributed by atoms with Crippen molar-refractivity contribution in [1.29, 1.82) is 5.26 Å². The predicted octanol–water partition coefficient (Wildman–Crippen LogP) is 6.47. The zero-order valence-corrected chi connectivity index (χ0v) is 16.2. The Labute approximate surface area is 160 Å². The second-order valence-corrected chi connectivity index (χ2v) is 7.36. The number of nitriles is 1. The zero-order valence-electron chi connectivity index (χ0n) is 14.7. The van der Waals surface area contributed by atoms with Crippen LogP contribution in [0.2, 0.25) is 10.0 Å². The Kier molecular flexibility index (Phi) is 7.81. The Hall–Kier alpha value is -1.50. The molecule has 5 heteroatoms. The maximum Gasteiger partial charge on any atom is 0.105 e. The average Bonchev–Trinajstić information content (AvgIpc) is 3.11. The number of halogens is 2. The van der Waals surface area contributed by atoms with Crippen LogP contribution in [0, 0.1) is 11.3 Å². The van der Waals surface area contributed by atoms with Gasteiger partial charge in [-0.25, -0.2) is 4.98 Å². The van der Waals surface area contributed by atoms with Crippen molar-refractivity contribution in [2.45, 2.75) is 63.7 Å². The number of aromatic nitrogens is 2. The first-order valence-corrected chi connectivity index (χ1v) is 9.72. The molecule has 0 saturated carbocycles. The maximum atomic E-state index is 10.0. The summed E-state index contributed by atoms with van der Waals surface area (Å²) < 4.78 is 0. The minimum absolute atomic E-state index is 0.525. The van der Waals surface area contributed by atoms with E-state index in [1.807, 2.05) is 18.3 Å². The number of unbranched alkanes of at least 4 members (excludes halogenated alkanes) is 3. The number of imidazole rings is 1. The molecule has 1 heterocycles. The molecule has 134 valence electrons. The van der Waals surface area contributed by atoms with Crippen LogP contribution in [0.5, 0.6) is 0 Å². The van der Waals surface area contributed by atoms with Crippen LogP contribution in [-0.2, 0) is 11.8 Å². The lowest BCUT2D eigenvalue weighted by Gasteiger charge is -2.28. The summed E-state index contributed by atoms with van der Waals surface area (Å²) in [5.74, 6) is 1.03. The van der Waals surface area contributed by atoms with E-state index in [9.17, 15) is 5.26 Å². The van der Waals surface area contributed by atoms with Crippen LogP contribution in [0.25, 0.3) is 0 Å². The Morgan fingerprint density at radius 2 is 1.96 bits per heavy atom. The summed E-state index contributed by atoms with van der Waals surface area (Å²) in [5.41, 5.74) is 0.392. The summed E-state index contributed by atoms with van der Waals surface area (Å²) in [4.78, 5) is 7.38. The molecule has 0 bridgehead atoms. The van der Waals surface area contributed by atoms with Crippen LogP contribution in [0.3, 0.4) is 0 Å². The third-order valence-corrected chi connectivity index (χ3v) is 5.24. The summed E-state index contributed by atoms with van der Waals surface area (Å²) in [6.07, 6.45) is 11.4. The van der Waals surface area contributed by atoms with Gasteiger partial charge in [-0.05, 0) is 37.0 Å². The number of aryl methyl sites for hydroxylation is 1. The standard InChI is InChI=1S/C20H25Cl2N3/c1-2-3-10-20(15-23,17-9-8-16(21)14-18(17)22)11-6-4-5-7-19-24-12-13-25-19/h8-9,12-14H,2-7,10-11H2,1H3,(H,24,25). The fourth-order valence-electron chi connectivity index (χ4n) is 3.25. The molecule has 1 unspecified atom stereocenters. The highest BCUT2D eigenvalue weighted by molar-refractivity contribution is 6.35. The van der Waals surface area contributed by atoms with E-state index in [1.54, 1.807) is 12.3 Å². The third-order valence-electron chi connectivity index (χ3n) is 4.69. The van der Waals surface area contributed by atoms with Crippen LogP contribution in [0.15, 0.2) is 30.6 Å². The quantitative estimate of drug-likeness (QED) is 0.482. The molecule has 0 spiro atoms. The topological polar surface area (TPSA) is 52.5 Å². The molecule has 1 aromatic carbocycles. The third kappa shape index (κ3) is 5.49. The molecule has 25 heavy (non-hydrogen) atoms. The lowest BCUT2D eigenvalue weighted by Crippen LogP contribution is -2.25. The molecule has 0 aliphatic rings. The van der Waals surface area contributed by atoms with Crippen LogP contribution >= 0.6 is 23.2 Å². The van der Waals surface area contributed by atoms with Gasteiger partial charge in [0, 0.05) is 28.9 Å². The highest BCUT2D eigenvalue weighted by Gasteiger charge is 2.33. The van der Waals surface area contributed by atoms with E-state index in [0.717, 1.165) is 62.8 Å². The van der Waals surface area contributed by atoms with E-state index in [-0.39, 0.29) is 0 Å². The smallest absolute Gasteiger partial charge is 0.105 e. The summed E-state index contributed by atoms with van der Waals surface area (Å²) in [6.45, 7) is 2.15. The van der Waals surface area contributed by atoms with Gasteiger partial charge in [-0.1, -0.05) is 61.9 Å². The van der Waals surface area contributed by atoms with E-state index >= 15 is 0 Å². The van der Waals surface area contributed by atoms with E-state index in [1.165, 1.54) is 0 Å². The van der Waals surface area contributed by atoms with Crippen molar-refractivity contribution in [3.05, 3.63) is 52.0 Å². The monoisotopic (exact) mass is 377 g/mol. The SMILES string of the molecule is CCCCC(C#N)(CCCCCc1ncc[nH]1)c1ccc(Cl)cc1Cl. The molecule has 0 aliphatic carbocycles. The minimum Gasteiger partial charge on any atom is -0.349 e. The highest BCUT2D eigenvalue weighted by atomic mass is 35.5. The molecule has 1 aromatic heterocycles. The van der Waals surface area contributed by atoms with Gasteiger partial charge in [0.2, 0.25) is 0 Å². The molecule has 2 rings (SSSR count). The van der Waals surface area contributed by atoms with Gasteiger partial charge >= 0.3 is 0 Å². The number of H-pyrrole nitrogens is 1. The zero-order chi connectivity index (χ0) is 18.1. The van der Waals surface area contributed by atoms with Gasteiger partial charge in [0.15, 0.2) is 0 Å². The lowest BCUT2D eigenvalue weighted by molar-refractivity contribution is 0.422. The van der Waals surface area contributed by atoms with Crippen LogP contribution in [0.1, 0.15) is 63.3 Å². The lowest BCUT2D eigenvalue weighted by atomic mass is 9.74. The summed E-state index contributed by atoms with van der Waals surface area (Å²) in [6, 6.07) is 8.08. The van der Waals surface area contributed by atoms with Gasteiger partial charge < -0.3 is 4.98 Å². The number of nitrogens with one attached hydrogen (secondary N) is 1. The van der Waals surface area contributed by atoms with Crippen molar-refractivity contribution in [1.82, 2.24) is 9.97 Å². The first-order valence-electron chi connectivity index (χ1n) is 8.96. The van der Waals surface area contributed by atoms with Crippen molar-refractivity contribution >= 4 is 23.2 Å². The number of rotatable bonds is 10. The van der Waals surface area contributed by atoms with Crippen LogP contribution < -0.4 is 0 Å². The molecular formula is C20H25Cl2N3.